The van der Waals surface area contributed by atoms with E-state index in [1.165, 1.54) is 0 Å². The molecule has 1 aromatic heterocycles. The summed E-state index contributed by atoms with van der Waals surface area (Å²) in [4.78, 5) is 11.8. The second-order valence-electron chi connectivity index (χ2n) is 3.13. The Hall–Kier alpha value is -0.570. The summed E-state index contributed by atoms with van der Waals surface area (Å²) < 4.78 is 1.80. The first-order valence-corrected chi connectivity index (χ1v) is 5.49. The second-order valence-corrected chi connectivity index (χ2v) is 3.69. The maximum atomic E-state index is 11.8. The molecule has 1 heterocycles. The van der Waals surface area contributed by atoms with Gasteiger partial charge in [-0.2, -0.15) is 0 Å². The summed E-state index contributed by atoms with van der Waals surface area (Å²) >= 11 is 3.33. The van der Waals surface area contributed by atoms with Gasteiger partial charge in [-0.3, -0.25) is 4.79 Å². The van der Waals surface area contributed by atoms with E-state index in [1.807, 2.05) is 20.8 Å². The third-order valence-corrected chi connectivity index (χ3v) is 2.84. The van der Waals surface area contributed by atoms with Crippen molar-refractivity contribution in [1.29, 1.82) is 0 Å². The Bertz CT molecular complexity index is 337. The molecule has 0 bridgehead atoms. The molecule has 0 amide bonds. The van der Waals surface area contributed by atoms with Crippen LogP contribution >= 0.6 is 15.9 Å². The number of nitrogens with zero attached hydrogens (tertiary/aromatic N) is 1. The van der Waals surface area contributed by atoms with Crippen molar-refractivity contribution >= 4 is 15.9 Å². The van der Waals surface area contributed by atoms with E-state index in [1.54, 1.807) is 4.57 Å². The summed E-state index contributed by atoms with van der Waals surface area (Å²) in [7, 11) is 0. The summed E-state index contributed by atoms with van der Waals surface area (Å²) in [5, 5.41) is 0.637. The molecule has 0 aliphatic heterocycles. The van der Waals surface area contributed by atoms with Crippen LogP contribution in [0.2, 0.25) is 0 Å². The van der Waals surface area contributed by atoms with Gasteiger partial charge >= 0.3 is 0 Å². The van der Waals surface area contributed by atoms with Crippen molar-refractivity contribution in [3.8, 4) is 0 Å². The molecule has 0 aliphatic rings. The van der Waals surface area contributed by atoms with Crippen molar-refractivity contribution < 1.29 is 0 Å². The lowest BCUT2D eigenvalue weighted by molar-refractivity contribution is 0.692. The Kier molecular flexibility index (Phi) is 3.31. The Labute approximate surface area is 86.7 Å². The Morgan fingerprint density at radius 2 is 2.08 bits per heavy atom. The highest BCUT2D eigenvalue weighted by Crippen LogP contribution is 2.09. The molecule has 0 spiro atoms. The SMILES string of the molecule is CCn1c(C)cc(C)c(CBr)c1=O. The molecular formula is C10H14BrNO. The summed E-state index contributed by atoms with van der Waals surface area (Å²) in [5.41, 5.74) is 3.11. The van der Waals surface area contributed by atoms with Gasteiger partial charge in [0.05, 0.1) is 0 Å². The van der Waals surface area contributed by atoms with Crippen molar-refractivity contribution in [3.05, 3.63) is 33.2 Å². The molecule has 2 nitrogen and oxygen atoms in total. The lowest BCUT2D eigenvalue weighted by Crippen LogP contribution is -2.25. The van der Waals surface area contributed by atoms with Crippen LogP contribution in [0.4, 0.5) is 0 Å². The van der Waals surface area contributed by atoms with Crippen molar-refractivity contribution in [3.63, 3.8) is 0 Å². The number of hydrogen-bond acceptors (Lipinski definition) is 1. The molecule has 72 valence electrons. The van der Waals surface area contributed by atoms with E-state index >= 15 is 0 Å². The van der Waals surface area contributed by atoms with E-state index < -0.39 is 0 Å². The zero-order valence-electron chi connectivity index (χ0n) is 8.22. The lowest BCUT2D eigenvalue weighted by Gasteiger charge is -2.10. The van der Waals surface area contributed by atoms with Crippen LogP contribution in [-0.2, 0) is 11.9 Å². The molecule has 0 radical (unpaired) electrons. The van der Waals surface area contributed by atoms with Gasteiger partial charge in [-0.15, -0.1) is 0 Å². The number of alkyl halides is 1. The second kappa shape index (κ2) is 4.09. The zero-order valence-corrected chi connectivity index (χ0v) is 9.81. The fourth-order valence-electron chi connectivity index (χ4n) is 1.53. The van der Waals surface area contributed by atoms with Crippen LogP contribution in [0.3, 0.4) is 0 Å². The predicted molar refractivity (Wildman–Crippen MR) is 58.5 cm³/mol. The van der Waals surface area contributed by atoms with Crippen LogP contribution in [0.15, 0.2) is 10.9 Å². The standard InChI is InChI=1S/C10H14BrNO/c1-4-12-8(3)5-7(2)9(6-11)10(12)13/h5H,4,6H2,1-3H3. The number of aryl methyl sites for hydroxylation is 2. The fraction of sp³-hybridized carbons (Fsp3) is 0.500. The normalized spacial score (nSPS) is 10.5. The van der Waals surface area contributed by atoms with Gasteiger partial charge in [0.1, 0.15) is 0 Å². The first-order valence-electron chi connectivity index (χ1n) is 4.37. The third kappa shape index (κ3) is 1.85. The molecule has 0 aliphatic carbocycles. The maximum absolute atomic E-state index is 11.8. The highest BCUT2D eigenvalue weighted by molar-refractivity contribution is 9.08. The maximum Gasteiger partial charge on any atom is 0.255 e. The Balaban J connectivity index is 3.49. The highest BCUT2D eigenvalue weighted by Gasteiger charge is 2.07. The Morgan fingerprint density at radius 1 is 1.46 bits per heavy atom. The van der Waals surface area contributed by atoms with Gasteiger partial charge in [0.25, 0.3) is 5.56 Å². The minimum absolute atomic E-state index is 0.136. The zero-order chi connectivity index (χ0) is 10.0. The topological polar surface area (TPSA) is 22.0 Å². The molecule has 0 aromatic carbocycles. The first-order chi connectivity index (χ1) is 6.11. The minimum Gasteiger partial charge on any atom is -0.313 e. The third-order valence-electron chi connectivity index (χ3n) is 2.28. The van der Waals surface area contributed by atoms with Crippen LogP contribution < -0.4 is 5.56 Å². The number of hydrogen-bond donors (Lipinski definition) is 0. The summed E-state index contributed by atoms with van der Waals surface area (Å²) in [5.74, 6) is 0. The van der Waals surface area contributed by atoms with Crippen LogP contribution in [0.5, 0.6) is 0 Å². The van der Waals surface area contributed by atoms with E-state index in [2.05, 4.69) is 22.0 Å². The molecule has 0 atom stereocenters. The molecule has 0 fully saturated rings. The molecule has 0 saturated carbocycles. The van der Waals surface area contributed by atoms with Crippen LogP contribution in [0, 0.1) is 13.8 Å². The van der Waals surface area contributed by atoms with Gasteiger partial charge in [-0.05, 0) is 32.4 Å². The smallest absolute Gasteiger partial charge is 0.255 e. The van der Waals surface area contributed by atoms with Gasteiger partial charge in [0, 0.05) is 23.1 Å². The molecule has 1 aromatic rings. The van der Waals surface area contributed by atoms with Crippen LogP contribution in [0.25, 0.3) is 0 Å². The van der Waals surface area contributed by atoms with Crippen LogP contribution in [0.1, 0.15) is 23.7 Å². The number of pyridine rings is 1. The average molecular weight is 244 g/mol. The summed E-state index contributed by atoms with van der Waals surface area (Å²) in [6.07, 6.45) is 0. The van der Waals surface area contributed by atoms with Crippen LogP contribution in [-0.4, -0.2) is 4.57 Å². The average Bonchev–Trinajstić information content (AvgIpc) is 2.04. The van der Waals surface area contributed by atoms with E-state index in [-0.39, 0.29) is 5.56 Å². The summed E-state index contributed by atoms with van der Waals surface area (Å²) in [6, 6.07) is 2.06. The van der Waals surface area contributed by atoms with E-state index in [9.17, 15) is 4.79 Å². The first kappa shape index (κ1) is 10.5. The van der Waals surface area contributed by atoms with Gasteiger partial charge in [-0.1, -0.05) is 15.9 Å². The van der Waals surface area contributed by atoms with Gasteiger partial charge in [0.15, 0.2) is 0 Å². The summed E-state index contributed by atoms with van der Waals surface area (Å²) in [6.45, 7) is 6.67. The predicted octanol–water partition coefficient (Wildman–Crippen LogP) is 2.38. The molecule has 1 rings (SSSR count). The number of aromatic nitrogens is 1. The molecule has 3 heteroatoms. The largest absolute Gasteiger partial charge is 0.313 e. The van der Waals surface area contributed by atoms with Crippen molar-refractivity contribution in [2.75, 3.05) is 0 Å². The van der Waals surface area contributed by atoms with E-state index in [4.69, 9.17) is 0 Å². The van der Waals surface area contributed by atoms with Crippen molar-refractivity contribution in [2.24, 2.45) is 0 Å². The number of halogens is 1. The monoisotopic (exact) mass is 243 g/mol. The van der Waals surface area contributed by atoms with Gasteiger partial charge in [-0.25, -0.2) is 0 Å². The molecule has 0 N–H and O–H groups in total. The van der Waals surface area contributed by atoms with Gasteiger partial charge < -0.3 is 4.57 Å². The van der Waals surface area contributed by atoms with Gasteiger partial charge in [0.2, 0.25) is 0 Å². The molecule has 13 heavy (non-hydrogen) atoms. The minimum atomic E-state index is 0.136. The van der Waals surface area contributed by atoms with Crippen molar-refractivity contribution in [2.45, 2.75) is 32.6 Å². The fourth-order valence-corrected chi connectivity index (χ4v) is 2.21. The van der Waals surface area contributed by atoms with E-state index in [0.29, 0.717) is 5.33 Å². The quantitative estimate of drug-likeness (QED) is 0.732. The van der Waals surface area contributed by atoms with Crippen molar-refractivity contribution in [1.82, 2.24) is 4.57 Å². The molecule has 0 saturated heterocycles. The molecule has 0 unspecified atom stereocenters. The Morgan fingerprint density at radius 3 is 2.54 bits per heavy atom. The lowest BCUT2D eigenvalue weighted by atomic mass is 10.1. The highest BCUT2D eigenvalue weighted by atomic mass is 79.9. The molecular weight excluding hydrogens is 230 g/mol. The van der Waals surface area contributed by atoms with E-state index in [0.717, 1.165) is 23.4 Å². The number of rotatable bonds is 2.